The van der Waals surface area contributed by atoms with Gasteiger partial charge >= 0.3 is 0 Å². The lowest BCUT2D eigenvalue weighted by molar-refractivity contribution is 1.17. The van der Waals surface area contributed by atoms with Gasteiger partial charge in [-0.3, -0.25) is 9.97 Å². The van der Waals surface area contributed by atoms with Crippen molar-refractivity contribution in [2.45, 2.75) is 0 Å². The highest BCUT2D eigenvalue weighted by Gasteiger charge is 2.14. The Labute approximate surface area is 237 Å². The van der Waals surface area contributed by atoms with Gasteiger partial charge < -0.3 is 4.57 Å². The highest BCUT2D eigenvalue weighted by Crippen LogP contribution is 2.35. The first kappa shape index (κ1) is 23.3. The van der Waals surface area contributed by atoms with Gasteiger partial charge in [0.1, 0.15) is 0 Å². The number of pyridine rings is 3. The van der Waals surface area contributed by atoms with Crippen molar-refractivity contribution in [2.75, 3.05) is 0 Å². The Morgan fingerprint density at radius 3 is 2.22 bits per heavy atom. The molecule has 0 saturated heterocycles. The molecule has 0 unspecified atom stereocenters. The highest BCUT2D eigenvalue weighted by atomic mass is 15.0. The van der Waals surface area contributed by atoms with Gasteiger partial charge in [-0.25, -0.2) is 4.98 Å². The van der Waals surface area contributed by atoms with E-state index in [1.54, 1.807) is 0 Å². The summed E-state index contributed by atoms with van der Waals surface area (Å²) in [6.07, 6.45) is 5.63. The summed E-state index contributed by atoms with van der Waals surface area (Å²) in [7, 11) is 0. The number of hydrogen-bond acceptors (Lipinski definition) is 3. The molecule has 0 fully saturated rings. The molecule has 8 rings (SSSR count). The molecule has 0 aliphatic heterocycles. The maximum atomic E-state index is 5.09. The van der Waals surface area contributed by atoms with E-state index in [0.29, 0.717) is 0 Å². The Balaban J connectivity index is 1.33. The largest absolute Gasteiger partial charge is 0.309 e. The minimum atomic E-state index is 0.847. The molecule has 0 aliphatic carbocycles. The summed E-state index contributed by atoms with van der Waals surface area (Å²) in [5.74, 6) is 0. The van der Waals surface area contributed by atoms with Gasteiger partial charge in [-0.15, -0.1) is 0 Å². The maximum Gasteiger partial charge on any atom is 0.0899 e. The maximum absolute atomic E-state index is 5.09. The van der Waals surface area contributed by atoms with Crippen molar-refractivity contribution < 1.29 is 0 Å². The molecule has 0 radical (unpaired) electrons. The summed E-state index contributed by atoms with van der Waals surface area (Å²) in [5.41, 5.74) is 9.30. The molecule has 8 aromatic rings. The van der Waals surface area contributed by atoms with Crippen molar-refractivity contribution in [3.63, 3.8) is 0 Å². The molecule has 0 bridgehead atoms. The predicted octanol–water partition coefficient (Wildman–Crippen LogP) is 9.12. The minimum Gasteiger partial charge on any atom is -0.309 e. The molecule has 4 aromatic heterocycles. The summed E-state index contributed by atoms with van der Waals surface area (Å²) in [4.78, 5) is 14.1. The number of hydrogen-bond donors (Lipinski definition) is 0. The molecule has 4 aromatic carbocycles. The topological polar surface area (TPSA) is 43.6 Å². The SMILES string of the molecule is c1ccc(-c2cc(-c3cccc(-n4c5ccccc5c5cnccc54)c3)cc(-c3ccc4ccccc4c3)n2)nc1. The number of para-hydroxylation sites is 1. The van der Waals surface area contributed by atoms with Gasteiger partial charge in [-0.1, -0.05) is 72.8 Å². The van der Waals surface area contributed by atoms with E-state index in [1.807, 2.05) is 36.8 Å². The monoisotopic (exact) mass is 524 g/mol. The first-order valence-electron chi connectivity index (χ1n) is 13.7. The molecule has 0 saturated carbocycles. The number of aromatic nitrogens is 4. The molecule has 0 amide bonds. The van der Waals surface area contributed by atoms with Crippen LogP contribution in [0.25, 0.3) is 72.0 Å². The van der Waals surface area contributed by atoms with Crippen LogP contribution in [0.5, 0.6) is 0 Å². The molecule has 41 heavy (non-hydrogen) atoms. The van der Waals surface area contributed by atoms with Crippen LogP contribution in [0, 0.1) is 0 Å². The van der Waals surface area contributed by atoms with Gasteiger partial charge in [0.25, 0.3) is 0 Å². The number of fused-ring (bicyclic) bond motifs is 4. The van der Waals surface area contributed by atoms with E-state index >= 15 is 0 Å². The van der Waals surface area contributed by atoms with Crippen LogP contribution in [0.2, 0.25) is 0 Å². The van der Waals surface area contributed by atoms with E-state index in [1.165, 1.54) is 16.2 Å². The third-order valence-corrected chi connectivity index (χ3v) is 7.71. The molecular formula is C37H24N4. The Hall–Kier alpha value is -5.61. The van der Waals surface area contributed by atoms with Crippen molar-refractivity contribution in [2.24, 2.45) is 0 Å². The Bertz CT molecular complexity index is 2160. The van der Waals surface area contributed by atoms with Crippen molar-refractivity contribution >= 4 is 32.6 Å². The Morgan fingerprint density at radius 2 is 1.29 bits per heavy atom. The van der Waals surface area contributed by atoms with Gasteiger partial charge in [0.15, 0.2) is 0 Å². The fourth-order valence-electron chi connectivity index (χ4n) is 5.76. The summed E-state index contributed by atoms with van der Waals surface area (Å²) in [5, 5.41) is 4.75. The third-order valence-electron chi connectivity index (χ3n) is 7.71. The van der Waals surface area contributed by atoms with E-state index in [-0.39, 0.29) is 0 Å². The van der Waals surface area contributed by atoms with E-state index in [2.05, 4.69) is 124 Å². The van der Waals surface area contributed by atoms with Gasteiger partial charge in [-0.2, -0.15) is 0 Å². The molecule has 4 nitrogen and oxygen atoms in total. The van der Waals surface area contributed by atoms with Crippen LogP contribution in [0.4, 0.5) is 0 Å². The van der Waals surface area contributed by atoms with Gasteiger partial charge in [0.2, 0.25) is 0 Å². The predicted molar refractivity (Wildman–Crippen MR) is 168 cm³/mol. The second-order valence-electron chi connectivity index (χ2n) is 10.2. The van der Waals surface area contributed by atoms with Crippen LogP contribution >= 0.6 is 0 Å². The highest BCUT2D eigenvalue weighted by molar-refractivity contribution is 6.08. The number of rotatable bonds is 4. The normalized spacial score (nSPS) is 11.4. The second-order valence-corrected chi connectivity index (χ2v) is 10.2. The summed E-state index contributed by atoms with van der Waals surface area (Å²) < 4.78 is 2.32. The van der Waals surface area contributed by atoms with Crippen LogP contribution in [0.1, 0.15) is 0 Å². The Morgan fingerprint density at radius 1 is 0.463 bits per heavy atom. The molecule has 0 atom stereocenters. The van der Waals surface area contributed by atoms with Crippen molar-refractivity contribution in [3.05, 3.63) is 146 Å². The van der Waals surface area contributed by atoms with E-state index in [9.17, 15) is 0 Å². The summed E-state index contributed by atoms with van der Waals surface area (Å²) in [6.45, 7) is 0. The fourth-order valence-corrected chi connectivity index (χ4v) is 5.76. The van der Waals surface area contributed by atoms with Crippen LogP contribution in [-0.2, 0) is 0 Å². The lowest BCUT2D eigenvalue weighted by atomic mass is 9.99. The van der Waals surface area contributed by atoms with Crippen LogP contribution < -0.4 is 0 Å². The standard InChI is InChI=1S/C37H24N4/c1-2-9-26-20-28(16-15-25(26)8-1)34-22-29(23-35(40-34)33-13-5-6-18-39-33)27-10-7-11-30(21-27)41-36-14-4-3-12-31(36)32-24-38-19-17-37(32)41/h1-24H. The molecular weight excluding hydrogens is 500 g/mol. The first-order chi connectivity index (χ1) is 20.3. The number of nitrogens with zero attached hydrogens (tertiary/aromatic N) is 4. The van der Waals surface area contributed by atoms with E-state index < -0.39 is 0 Å². The first-order valence-corrected chi connectivity index (χ1v) is 13.7. The molecule has 192 valence electrons. The van der Waals surface area contributed by atoms with Crippen LogP contribution in [0.3, 0.4) is 0 Å². The lowest BCUT2D eigenvalue weighted by Gasteiger charge is -2.13. The molecule has 4 heteroatoms. The zero-order valence-electron chi connectivity index (χ0n) is 22.1. The van der Waals surface area contributed by atoms with Crippen LogP contribution in [0.15, 0.2) is 146 Å². The number of benzene rings is 4. The van der Waals surface area contributed by atoms with Gasteiger partial charge in [0, 0.05) is 40.6 Å². The Kier molecular flexibility index (Phi) is 5.42. The zero-order chi connectivity index (χ0) is 27.2. The fraction of sp³-hybridized carbons (Fsp3) is 0. The van der Waals surface area contributed by atoms with E-state index in [0.717, 1.165) is 55.9 Å². The zero-order valence-corrected chi connectivity index (χ0v) is 22.1. The van der Waals surface area contributed by atoms with Crippen LogP contribution in [-0.4, -0.2) is 19.5 Å². The van der Waals surface area contributed by atoms with Crippen molar-refractivity contribution in [1.29, 1.82) is 0 Å². The average Bonchev–Trinajstić information content (AvgIpc) is 3.39. The molecule has 0 aliphatic rings. The smallest absolute Gasteiger partial charge is 0.0899 e. The van der Waals surface area contributed by atoms with Gasteiger partial charge in [-0.05, 0) is 76.5 Å². The second kappa shape index (κ2) is 9.54. The van der Waals surface area contributed by atoms with Crippen molar-refractivity contribution in [3.8, 4) is 39.5 Å². The van der Waals surface area contributed by atoms with Gasteiger partial charge in [0.05, 0.1) is 28.1 Å². The summed E-state index contributed by atoms with van der Waals surface area (Å²) in [6, 6.07) is 44.6. The third kappa shape index (κ3) is 4.05. The average molecular weight is 525 g/mol. The molecule has 0 N–H and O–H groups in total. The van der Waals surface area contributed by atoms with Crippen molar-refractivity contribution in [1.82, 2.24) is 19.5 Å². The quantitative estimate of drug-likeness (QED) is 0.231. The minimum absolute atomic E-state index is 0.847. The molecule has 0 spiro atoms. The molecule has 4 heterocycles. The summed E-state index contributed by atoms with van der Waals surface area (Å²) >= 11 is 0. The van der Waals surface area contributed by atoms with E-state index in [4.69, 9.17) is 4.98 Å². The lowest BCUT2D eigenvalue weighted by Crippen LogP contribution is -1.96.